The third kappa shape index (κ3) is 1.96. The van der Waals surface area contributed by atoms with E-state index in [1.165, 1.54) is 38.5 Å². The molecule has 0 aromatic carbocycles. The second-order valence-corrected chi connectivity index (χ2v) is 4.09. The zero-order valence-electron chi connectivity index (χ0n) is 7.22. The van der Waals surface area contributed by atoms with E-state index in [0.717, 1.165) is 25.0 Å². The molecule has 0 atom stereocenters. The molecule has 0 aromatic heterocycles. The number of hydrogen-bond donors (Lipinski definition) is 0. The molecule has 0 spiro atoms. The number of hydrogen-bond acceptors (Lipinski definition) is 1. The van der Waals surface area contributed by atoms with Gasteiger partial charge < -0.3 is 4.74 Å². The molecule has 1 nitrogen and oxygen atoms in total. The summed E-state index contributed by atoms with van der Waals surface area (Å²) in [6.45, 7) is 2.05. The quantitative estimate of drug-likeness (QED) is 0.594. The van der Waals surface area contributed by atoms with Crippen molar-refractivity contribution in [1.82, 2.24) is 0 Å². The van der Waals surface area contributed by atoms with Crippen molar-refractivity contribution in [3.8, 4) is 0 Å². The maximum Gasteiger partial charge on any atom is 0.0468 e. The fourth-order valence-corrected chi connectivity index (χ4v) is 2.18. The molecule has 1 heterocycles. The summed E-state index contributed by atoms with van der Waals surface area (Å²) in [6.07, 6.45) is 8.68. The Bertz CT molecular complexity index is 112. The molecule has 1 saturated carbocycles. The lowest BCUT2D eigenvalue weighted by atomic mass is 9.77. The Balaban J connectivity index is 1.67. The van der Waals surface area contributed by atoms with E-state index >= 15 is 0 Å². The van der Waals surface area contributed by atoms with Gasteiger partial charge in [-0.1, -0.05) is 19.3 Å². The second-order valence-electron chi connectivity index (χ2n) is 4.09. The highest BCUT2D eigenvalue weighted by Gasteiger charge is 2.23. The third-order valence-corrected chi connectivity index (χ3v) is 3.23. The van der Waals surface area contributed by atoms with E-state index in [9.17, 15) is 0 Å². The average molecular weight is 154 g/mol. The zero-order chi connectivity index (χ0) is 7.52. The topological polar surface area (TPSA) is 9.23 Å². The molecule has 11 heavy (non-hydrogen) atoms. The lowest BCUT2D eigenvalue weighted by molar-refractivity contribution is 0.0532. The summed E-state index contributed by atoms with van der Waals surface area (Å²) >= 11 is 0. The molecule has 1 saturated heterocycles. The summed E-state index contributed by atoms with van der Waals surface area (Å²) in [4.78, 5) is 0. The summed E-state index contributed by atoms with van der Waals surface area (Å²) < 4.78 is 5.33. The molecule has 2 rings (SSSR count). The summed E-state index contributed by atoms with van der Waals surface area (Å²) in [7, 11) is 0. The van der Waals surface area contributed by atoms with E-state index in [4.69, 9.17) is 4.74 Å². The highest BCUT2D eigenvalue weighted by molar-refractivity contribution is 4.74. The smallest absolute Gasteiger partial charge is 0.0468 e. The van der Waals surface area contributed by atoms with Crippen LogP contribution in [-0.2, 0) is 4.74 Å². The molecule has 0 bridgehead atoms. The Kier molecular flexibility index (Phi) is 2.47. The first-order chi connectivity index (χ1) is 5.45. The van der Waals surface area contributed by atoms with Crippen LogP contribution in [0.3, 0.4) is 0 Å². The highest BCUT2D eigenvalue weighted by atomic mass is 16.5. The van der Waals surface area contributed by atoms with Gasteiger partial charge in [0, 0.05) is 13.2 Å². The van der Waals surface area contributed by atoms with E-state index in [-0.39, 0.29) is 0 Å². The Morgan fingerprint density at radius 3 is 2.09 bits per heavy atom. The first-order valence-corrected chi connectivity index (χ1v) is 5.03. The van der Waals surface area contributed by atoms with Crippen LogP contribution in [0.1, 0.15) is 38.5 Å². The largest absolute Gasteiger partial charge is 0.381 e. The molecule has 1 aliphatic heterocycles. The summed E-state index contributed by atoms with van der Waals surface area (Å²) in [5.74, 6) is 2.10. The van der Waals surface area contributed by atoms with Crippen molar-refractivity contribution >= 4 is 0 Å². The van der Waals surface area contributed by atoms with Crippen LogP contribution in [0.2, 0.25) is 0 Å². The molecule has 0 amide bonds. The Morgan fingerprint density at radius 1 is 0.909 bits per heavy atom. The minimum Gasteiger partial charge on any atom is -0.381 e. The van der Waals surface area contributed by atoms with Crippen molar-refractivity contribution < 1.29 is 4.74 Å². The van der Waals surface area contributed by atoms with E-state index in [1.54, 1.807) is 0 Å². The van der Waals surface area contributed by atoms with E-state index in [1.807, 2.05) is 0 Å². The summed E-state index contributed by atoms with van der Waals surface area (Å²) in [5.41, 5.74) is 0. The first-order valence-electron chi connectivity index (χ1n) is 5.03. The fourth-order valence-electron chi connectivity index (χ4n) is 2.18. The van der Waals surface area contributed by atoms with Crippen LogP contribution in [0.25, 0.3) is 0 Å². The van der Waals surface area contributed by atoms with Gasteiger partial charge in [0.1, 0.15) is 0 Å². The first kappa shape index (κ1) is 7.60. The van der Waals surface area contributed by atoms with Crippen LogP contribution >= 0.6 is 0 Å². The van der Waals surface area contributed by atoms with E-state index in [0.29, 0.717) is 0 Å². The molecule has 0 N–H and O–H groups in total. The van der Waals surface area contributed by atoms with Crippen molar-refractivity contribution in [2.45, 2.75) is 38.5 Å². The highest BCUT2D eigenvalue weighted by Crippen LogP contribution is 2.34. The van der Waals surface area contributed by atoms with Gasteiger partial charge in [-0.3, -0.25) is 0 Å². The average Bonchev–Trinajstić information content (AvgIpc) is 1.99. The van der Waals surface area contributed by atoms with Gasteiger partial charge in [-0.05, 0) is 31.1 Å². The van der Waals surface area contributed by atoms with E-state index in [2.05, 4.69) is 0 Å². The van der Waals surface area contributed by atoms with Gasteiger partial charge in [0.2, 0.25) is 0 Å². The van der Waals surface area contributed by atoms with Crippen molar-refractivity contribution in [2.75, 3.05) is 13.2 Å². The van der Waals surface area contributed by atoms with Crippen LogP contribution < -0.4 is 0 Å². The van der Waals surface area contributed by atoms with E-state index < -0.39 is 0 Å². The van der Waals surface area contributed by atoms with Crippen LogP contribution in [-0.4, -0.2) is 13.2 Å². The predicted octanol–water partition coefficient (Wildman–Crippen LogP) is 2.60. The van der Waals surface area contributed by atoms with Gasteiger partial charge in [0.15, 0.2) is 0 Å². The van der Waals surface area contributed by atoms with Crippen LogP contribution in [0.4, 0.5) is 0 Å². The van der Waals surface area contributed by atoms with Crippen molar-refractivity contribution in [3.05, 3.63) is 0 Å². The fraction of sp³-hybridized carbons (Fsp3) is 1.00. The van der Waals surface area contributed by atoms with Gasteiger partial charge in [-0.25, -0.2) is 0 Å². The molecule has 1 aliphatic carbocycles. The molecule has 0 unspecified atom stereocenters. The van der Waals surface area contributed by atoms with Crippen molar-refractivity contribution in [3.63, 3.8) is 0 Å². The lowest BCUT2D eigenvalue weighted by Gasteiger charge is -2.31. The van der Waals surface area contributed by atoms with Crippen LogP contribution in [0, 0.1) is 11.8 Å². The molecule has 0 aromatic rings. The molecule has 2 fully saturated rings. The van der Waals surface area contributed by atoms with Crippen LogP contribution in [0.15, 0.2) is 0 Å². The van der Waals surface area contributed by atoms with Gasteiger partial charge in [0.25, 0.3) is 0 Å². The Hall–Kier alpha value is -0.0400. The third-order valence-electron chi connectivity index (χ3n) is 3.23. The van der Waals surface area contributed by atoms with Gasteiger partial charge >= 0.3 is 0 Å². The number of rotatable bonds is 2. The lowest BCUT2D eigenvalue weighted by Crippen LogP contribution is -2.21. The van der Waals surface area contributed by atoms with Gasteiger partial charge in [-0.15, -0.1) is 0 Å². The molecule has 2 aliphatic rings. The number of ether oxygens (including phenoxy) is 1. The van der Waals surface area contributed by atoms with Gasteiger partial charge in [-0.2, -0.15) is 0 Å². The molecular formula is C10H18O. The summed E-state index contributed by atoms with van der Waals surface area (Å²) in [5, 5.41) is 0. The molecular weight excluding hydrogens is 136 g/mol. The monoisotopic (exact) mass is 154 g/mol. The molecule has 64 valence electrons. The molecule has 0 radical (unpaired) electrons. The summed E-state index contributed by atoms with van der Waals surface area (Å²) in [6, 6.07) is 0. The van der Waals surface area contributed by atoms with Crippen molar-refractivity contribution in [2.24, 2.45) is 11.8 Å². The minimum absolute atomic E-state index is 1.01. The minimum atomic E-state index is 1.01. The van der Waals surface area contributed by atoms with Crippen molar-refractivity contribution in [1.29, 1.82) is 0 Å². The standard InChI is InChI=1S/C10H18O/c1-2-9(3-1)8-10-4-6-11-7-5-10/h9-10H,1-8H2. The SMILES string of the molecule is C1CC(CC2CCOCC2)C1. The predicted molar refractivity (Wildman–Crippen MR) is 45.5 cm³/mol. The zero-order valence-corrected chi connectivity index (χ0v) is 7.22. The van der Waals surface area contributed by atoms with Gasteiger partial charge in [0.05, 0.1) is 0 Å². The maximum atomic E-state index is 5.33. The molecule has 1 heteroatoms. The normalized spacial score (nSPS) is 28.4. The van der Waals surface area contributed by atoms with Crippen LogP contribution in [0.5, 0.6) is 0 Å². The Labute approximate surface area is 69.1 Å². The maximum absolute atomic E-state index is 5.33. The second kappa shape index (κ2) is 3.57. The Morgan fingerprint density at radius 2 is 1.55 bits per heavy atom.